The molecule has 19 heavy (non-hydrogen) atoms. The summed E-state index contributed by atoms with van der Waals surface area (Å²) in [6, 6.07) is 0. The predicted molar refractivity (Wildman–Crippen MR) is 65.5 cm³/mol. The number of nitrogens with zero attached hydrogens (tertiary/aromatic N) is 2. The van der Waals surface area contributed by atoms with Crippen LogP contribution in [0.1, 0.15) is 6.42 Å². The second kappa shape index (κ2) is 4.50. The van der Waals surface area contributed by atoms with Crippen molar-refractivity contribution in [3.8, 4) is 0 Å². The van der Waals surface area contributed by atoms with Crippen LogP contribution in [0.2, 0.25) is 0 Å². The molecule has 2 aliphatic rings. The third-order valence-electron chi connectivity index (χ3n) is 2.66. The van der Waals surface area contributed by atoms with Crippen molar-refractivity contribution < 1.29 is 23.1 Å². The third kappa shape index (κ3) is 2.36. The first-order valence-electron chi connectivity index (χ1n) is 5.26. The van der Waals surface area contributed by atoms with Crippen LogP contribution in [0.15, 0.2) is 28.4 Å². The Morgan fingerprint density at radius 3 is 2.84 bits per heavy atom. The Hall–Kier alpha value is -2.16. The number of rotatable bonds is 4. The van der Waals surface area contributed by atoms with Gasteiger partial charge in [0.1, 0.15) is 0 Å². The van der Waals surface area contributed by atoms with Crippen LogP contribution in [0, 0.1) is 0 Å². The van der Waals surface area contributed by atoms with Gasteiger partial charge < -0.3 is 10.4 Å². The zero-order valence-electron chi connectivity index (χ0n) is 9.90. The van der Waals surface area contributed by atoms with Gasteiger partial charge in [-0.25, -0.2) is 22.5 Å². The first-order chi connectivity index (χ1) is 8.84. The van der Waals surface area contributed by atoms with E-state index in [0.717, 1.165) is 10.6 Å². The largest absolute Gasteiger partial charge is 0.478 e. The quantitative estimate of drug-likeness (QED) is 0.645. The van der Waals surface area contributed by atoms with E-state index in [4.69, 9.17) is 5.11 Å². The minimum atomic E-state index is -3.63. The smallest absolute Gasteiger partial charge is 0.331 e. The number of carbonyl (C=O) groups excluding carboxylic acids is 1. The van der Waals surface area contributed by atoms with E-state index in [1.54, 1.807) is 0 Å². The molecule has 1 unspecified atom stereocenters. The summed E-state index contributed by atoms with van der Waals surface area (Å²) in [5.74, 6) is -1.09. The number of carboxylic acid groups (broad SMARTS) is 1. The summed E-state index contributed by atoms with van der Waals surface area (Å²) >= 11 is 0. The minimum Gasteiger partial charge on any atom is -0.478 e. The summed E-state index contributed by atoms with van der Waals surface area (Å²) < 4.78 is 24.4. The van der Waals surface area contributed by atoms with Gasteiger partial charge in [-0.1, -0.05) is 6.08 Å². The summed E-state index contributed by atoms with van der Waals surface area (Å²) in [6.45, 7) is 0. The average Bonchev–Trinajstić information content (AvgIpc) is 2.65. The van der Waals surface area contributed by atoms with E-state index in [1.165, 1.54) is 12.2 Å². The van der Waals surface area contributed by atoms with Gasteiger partial charge in [-0.15, -0.1) is 0 Å². The highest BCUT2D eigenvalue weighted by atomic mass is 32.2. The predicted octanol–water partition coefficient (Wildman–Crippen LogP) is -0.969. The van der Waals surface area contributed by atoms with Gasteiger partial charge in [0.2, 0.25) is 22.7 Å². The fraction of sp³-hybridized carbons (Fsp3) is 0.300. The maximum atomic E-state index is 11.7. The molecule has 0 fully saturated rings. The molecule has 2 rings (SSSR count). The lowest BCUT2D eigenvalue weighted by Gasteiger charge is -2.24. The maximum absolute atomic E-state index is 11.7. The maximum Gasteiger partial charge on any atom is 0.331 e. The average molecular weight is 285 g/mol. The molecule has 1 heterocycles. The molecule has 0 aromatic heterocycles. The van der Waals surface area contributed by atoms with Gasteiger partial charge in [0, 0.05) is 5.57 Å². The van der Waals surface area contributed by atoms with Gasteiger partial charge in [0.25, 0.3) is 0 Å². The number of aliphatic carboxylic acids is 1. The van der Waals surface area contributed by atoms with Crippen molar-refractivity contribution >= 4 is 28.1 Å². The molecule has 0 saturated carbocycles. The SMILES string of the molecule is CS(=O)(=O)N1C2=CCC(C(=O)O)=CC2=NC1NC=O. The first kappa shape index (κ1) is 13.3. The normalized spacial score (nSPS) is 22.1. The van der Waals surface area contributed by atoms with Gasteiger partial charge in [0.05, 0.1) is 17.7 Å². The van der Waals surface area contributed by atoms with E-state index in [1.807, 2.05) is 0 Å². The number of aliphatic imine (C=N–C) groups is 1. The summed E-state index contributed by atoms with van der Waals surface area (Å²) in [5, 5.41) is 11.2. The summed E-state index contributed by atoms with van der Waals surface area (Å²) in [6.07, 6.45) is 3.13. The van der Waals surface area contributed by atoms with E-state index < -0.39 is 22.3 Å². The van der Waals surface area contributed by atoms with Crippen molar-refractivity contribution in [2.24, 2.45) is 4.99 Å². The van der Waals surface area contributed by atoms with Gasteiger partial charge >= 0.3 is 5.97 Å². The van der Waals surface area contributed by atoms with Gasteiger partial charge in [-0.05, 0) is 12.5 Å². The van der Waals surface area contributed by atoms with Gasteiger partial charge in [-0.3, -0.25) is 4.79 Å². The Morgan fingerprint density at radius 1 is 1.63 bits per heavy atom. The fourth-order valence-electron chi connectivity index (χ4n) is 1.91. The van der Waals surface area contributed by atoms with Gasteiger partial charge in [0.15, 0.2) is 0 Å². The van der Waals surface area contributed by atoms with Crippen LogP contribution < -0.4 is 5.32 Å². The van der Waals surface area contributed by atoms with Crippen LogP contribution in [0.25, 0.3) is 0 Å². The summed E-state index contributed by atoms with van der Waals surface area (Å²) in [7, 11) is -3.63. The van der Waals surface area contributed by atoms with Crippen LogP contribution in [0.4, 0.5) is 0 Å². The topological polar surface area (TPSA) is 116 Å². The van der Waals surface area contributed by atoms with E-state index >= 15 is 0 Å². The second-order valence-corrected chi connectivity index (χ2v) is 5.86. The van der Waals surface area contributed by atoms with E-state index in [0.29, 0.717) is 6.41 Å². The molecule has 0 saturated heterocycles. The number of amides is 1. The van der Waals surface area contributed by atoms with Crippen molar-refractivity contribution in [3.63, 3.8) is 0 Å². The van der Waals surface area contributed by atoms with Crippen molar-refractivity contribution in [1.82, 2.24) is 9.62 Å². The Labute approximate surface area is 109 Å². The number of carbonyl (C=O) groups is 2. The lowest BCUT2D eigenvalue weighted by Crippen LogP contribution is -2.43. The highest BCUT2D eigenvalue weighted by Crippen LogP contribution is 2.28. The van der Waals surface area contributed by atoms with E-state index in [9.17, 15) is 18.0 Å². The number of hydrogen-bond acceptors (Lipinski definition) is 5. The molecule has 1 atom stereocenters. The van der Waals surface area contributed by atoms with Crippen LogP contribution in [-0.4, -0.2) is 48.5 Å². The Balaban J connectivity index is 2.44. The molecule has 2 N–H and O–H groups in total. The first-order valence-corrected chi connectivity index (χ1v) is 7.10. The van der Waals surface area contributed by atoms with Crippen LogP contribution >= 0.6 is 0 Å². The lowest BCUT2D eigenvalue weighted by molar-refractivity contribution is -0.132. The minimum absolute atomic E-state index is 0.101. The summed E-state index contributed by atoms with van der Waals surface area (Å²) in [4.78, 5) is 25.3. The summed E-state index contributed by atoms with van der Waals surface area (Å²) in [5.41, 5.74) is 0.628. The molecule has 102 valence electrons. The van der Waals surface area contributed by atoms with Gasteiger partial charge in [-0.2, -0.15) is 0 Å². The molecular formula is C10H11N3O5S. The molecular weight excluding hydrogens is 274 g/mol. The van der Waals surface area contributed by atoms with E-state index in [-0.39, 0.29) is 23.4 Å². The molecule has 8 nitrogen and oxygen atoms in total. The van der Waals surface area contributed by atoms with E-state index in [2.05, 4.69) is 10.3 Å². The molecule has 0 aromatic rings. The second-order valence-electron chi connectivity index (χ2n) is 4.00. The third-order valence-corrected chi connectivity index (χ3v) is 3.77. The zero-order chi connectivity index (χ0) is 14.2. The number of allylic oxidation sites excluding steroid dienone is 2. The highest BCUT2D eigenvalue weighted by molar-refractivity contribution is 7.88. The monoisotopic (exact) mass is 285 g/mol. The Morgan fingerprint density at radius 2 is 2.32 bits per heavy atom. The molecule has 1 aliphatic heterocycles. The van der Waals surface area contributed by atoms with Crippen LogP contribution in [0.5, 0.6) is 0 Å². The molecule has 0 bridgehead atoms. The van der Waals surface area contributed by atoms with Crippen molar-refractivity contribution in [2.45, 2.75) is 12.7 Å². The Bertz CT molecular complexity index is 632. The number of fused-ring (bicyclic) bond motifs is 1. The lowest BCUT2D eigenvalue weighted by atomic mass is 10.0. The number of nitrogens with one attached hydrogen (secondary N) is 1. The van der Waals surface area contributed by atoms with Crippen molar-refractivity contribution in [1.29, 1.82) is 0 Å². The molecule has 0 radical (unpaired) electrons. The molecule has 1 amide bonds. The Kier molecular flexibility index (Phi) is 3.14. The standard InChI is InChI=1S/C10H11N3O5S/c1-19(17,18)13-8-3-2-6(9(15)16)4-7(8)12-10(13)11-5-14/h3-5,10H,2H2,1H3,(H,11,14)(H,15,16). The molecule has 0 spiro atoms. The van der Waals surface area contributed by atoms with Crippen LogP contribution in [-0.2, 0) is 19.6 Å². The molecule has 0 aromatic carbocycles. The number of sulfonamides is 1. The van der Waals surface area contributed by atoms with Crippen molar-refractivity contribution in [3.05, 3.63) is 23.4 Å². The van der Waals surface area contributed by atoms with Crippen LogP contribution in [0.3, 0.4) is 0 Å². The highest BCUT2D eigenvalue weighted by Gasteiger charge is 2.37. The zero-order valence-corrected chi connectivity index (χ0v) is 10.7. The molecule has 9 heteroatoms. The fourth-order valence-corrected chi connectivity index (χ4v) is 2.90. The number of hydrogen-bond donors (Lipinski definition) is 2. The van der Waals surface area contributed by atoms with Crippen molar-refractivity contribution in [2.75, 3.05) is 6.26 Å². The molecule has 1 aliphatic carbocycles. The number of carboxylic acids is 1.